The number of pyridine rings is 1. The topological polar surface area (TPSA) is 118 Å². The van der Waals surface area contributed by atoms with Crippen molar-refractivity contribution < 1.29 is 22.7 Å². The minimum Gasteiger partial charge on any atom is -0.497 e. The molecule has 0 radical (unpaired) electrons. The maximum absolute atomic E-state index is 13.3. The lowest BCUT2D eigenvalue weighted by Gasteiger charge is -2.24. The molecule has 0 unspecified atom stereocenters. The van der Waals surface area contributed by atoms with Gasteiger partial charge in [-0.2, -0.15) is 0 Å². The molecule has 0 saturated carbocycles. The zero-order valence-electron chi connectivity index (χ0n) is 17.5. The van der Waals surface area contributed by atoms with E-state index < -0.39 is 22.5 Å². The van der Waals surface area contributed by atoms with Crippen molar-refractivity contribution in [1.82, 2.24) is 4.98 Å². The van der Waals surface area contributed by atoms with E-state index in [0.717, 1.165) is 4.31 Å². The van der Waals surface area contributed by atoms with Crippen LogP contribution in [0.3, 0.4) is 0 Å². The zero-order valence-corrected chi connectivity index (χ0v) is 18.3. The van der Waals surface area contributed by atoms with Gasteiger partial charge in [0.2, 0.25) is 11.8 Å². The molecular formula is C22H22N4O5S. The summed E-state index contributed by atoms with van der Waals surface area (Å²) in [4.78, 5) is 27.7. The Hall–Kier alpha value is -3.92. The van der Waals surface area contributed by atoms with Gasteiger partial charge in [0.05, 0.1) is 12.8 Å². The third kappa shape index (κ3) is 5.61. The molecule has 1 heterocycles. The van der Waals surface area contributed by atoms with Crippen LogP contribution in [0, 0.1) is 0 Å². The number of nitrogens with zero attached hydrogens (tertiary/aromatic N) is 2. The van der Waals surface area contributed by atoms with Crippen LogP contribution in [-0.2, 0) is 19.6 Å². The molecule has 0 aliphatic carbocycles. The summed E-state index contributed by atoms with van der Waals surface area (Å²) >= 11 is 0. The molecule has 32 heavy (non-hydrogen) atoms. The highest BCUT2D eigenvalue weighted by Crippen LogP contribution is 2.25. The molecular weight excluding hydrogens is 432 g/mol. The first-order valence-corrected chi connectivity index (χ1v) is 11.0. The molecule has 2 aromatic carbocycles. The fourth-order valence-electron chi connectivity index (χ4n) is 2.86. The predicted octanol–water partition coefficient (Wildman–Crippen LogP) is 2.88. The molecule has 2 N–H and O–H groups in total. The van der Waals surface area contributed by atoms with Gasteiger partial charge in [-0.25, -0.2) is 8.42 Å². The molecule has 9 nitrogen and oxygen atoms in total. The quantitative estimate of drug-likeness (QED) is 0.540. The highest BCUT2D eigenvalue weighted by Gasteiger charge is 2.27. The van der Waals surface area contributed by atoms with E-state index >= 15 is 0 Å². The molecule has 0 fully saturated rings. The summed E-state index contributed by atoms with van der Waals surface area (Å²) in [5.41, 5.74) is 1.33. The van der Waals surface area contributed by atoms with E-state index in [2.05, 4.69) is 15.6 Å². The van der Waals surface area contributed by atoms with Crippen molar-refractivity contribution >= 4 is 38.9 Å². The Morgan fingerprint density at radius 2 is 1.59 bits per heavy atom. The van der Waals surface area contributed by atoms with Gasteiger partial charge in [0.15, 0.2) is 0 Å². The zero-order chi connectivity index (χ0) is 23.1. The van der Waals surface area contributed by atoms with E-state index in [0.29, 0.717) is 22.8 Å². The van der Waals surface area contributed by atoms with Crippen LogP contribution in [0.15, 0.2) is 78.0 Å². The number of hydrogen-bond acceptors (Lipinski definition) is 6. The first-order chi connectivity index (χ1) is 15.3. The summed E-state index contributed by atoms with van der Waals surface area (Å²) in [5, 5.41) is 5.30. The van der Waals surface area contributed by atoms with E-state index in [1.54, 1.807) is 48.5 Å². The largest absolute Gasteiger partial charge is 0.497 e. The molecule has 3 rings (SSSR count). The van der Waals surface area contributed by atoms with Gasteiger partial charge in [-0.15, -0.1) is 0 Å². The third-order valence-electron chi connectivity index (χ3n) is 4.36. The monoisotopic (exact) mass is 454 g/mol. The lowest BCUT2D eigenvalue weighted by Crippen LogP contribution is -2.38. The molecule has 2 amide bonds. The number of anilines is 3. The molecule has 10 heteroatoms. The number of methoxy groups -OCH3 is 1. The third-order valence-corrected chi connectivity index (χ3v) is 6.12. The number of aromatic nitrogens is 1. The van der Waals surface area contributed by atoms with Gasteiger partial charge in [-0.1, -0.05) is 0 Å². The second kappa shape index (κ2) is 9.92. The smallest absolute Gasteiger partial charge is 0.266 e. The van der Waals surface area contributed by atoms with Gasteiger partial charge in [0, 0.05) is 30.7 Å². The van der Waals surface area contributed by atoms with Gasteiger partial charge in [-0.05, 0) is 60.7 Å². The van der Waals surface area contributed by atoms with Crippen molar-refractivity contribution in [3.05, 3.63) is 73.1 Å². The number of ether oxygens (including phenoxy) is 1. The fourth-order valence-corrected chi connectivity index (χ4v) is 4.25. The summed E-state index contributed by atoms with van der Waals surface area (Å²) in [5.74, 6) is -0.200. The van der Waals surface area contributed by atoms with Gasteiger partial charge >= 0.3 is 0 Å². The second-order valence-corrected chi connectivity index (χ2v) is 8.57. The normalized spacial score (nSPS) is 10.8. The van der Waals surface area contributed by atoms with E-state index in [1.807, 2.05) is 0 Å². The minimum absolute atomic E-state index is 0.0386. The Morgan fingerprint density at radius 3 is 2.12 bits per heavy atom. The van der Waals surface area contributed by atoms with Gasteiger partial charge in [0.1, 0.15) is 17.2 Å². The number of hydrogen-bond donors (Lipinski definition) is 2. The molecule has 0 aliphatic heterocycles. The van der Waals surface area contributed by atoms with Crippen molar-refractivity contribution in [3.63, 3.8) is 0 Å². The van der Waals surface area contributed by atoms with Crippen LogP contribution in [0.1, 0.15) is 6.92 Å². The summed E-state index contributed by atoms with van der Waals surface area (Å²) in [6, 6.07) is 15.7. The summed E-state index contributed by atoms with van der Waals surface area (Å²) in [6.07, 6.45) is 2.69. The lowest BCUT2D eigenvalue weighted by atomic mass is 10.2. The summed E-state index contributed by atoms with van der Waals surface area (Å²) in [7, 11) is -2.56. The fraction of sp³-hybridized carbons (Fsp3) is 0.136. The van der Waals surface area contributed by atoms with Crippen LogP contribution in [0.2, 0.25) is 0 Å². The second-order valence-electron chi connectivity index (χ2n) is 6.71. The SMILES string of the molecule is COc1ccc(N(CC(=O)Nc2ccc(NC(C)=O)cc2)S(=O)(=O)c2cccnc2)cc1. The van der Waals surface area contributed by atoms with Gasteiger partial charge in [-0.3, -0.25) is 18.9 Å². The minimum atomic E-state index is -4.06. The van der Waals surface area contributed by atoms with E-state index in [9.17, 15) is 18.0 Å². The number of sulfonamides is 1. The van der Waals surface area contributed by atoms with Crippen LogP contribution in [-0.4, -0.2) is 38.9 Å². The number of carbonyl (C=O) groups excluding carboxylic acids is 2. The van der Waals surface area contributed by atoms with Crippen molar-refractivity contribution in [2.75, 3.05) is 28.6 Å². The first kappa shape index (κ1) is 22.8. The Morgan fingerprint density at radius 1 is 0.969 bits per heavy atom. The highest BCUT2D eigenvalue weighted by atomic mass is 32.2. The first-order valence-electron chi connectivity index (χ1n) is 9.54. The Bertz CT molecular complexity index is 1180. The van der Waals surface area contributed by atoms with E-state index in [4.69, 9.17) is 4.74 Å². The molecule has 0 atom stereocenters. The van der Waals surface area contributed by atoms with Crippen LogP contribution in [0.4, 0.5) is 17.1 Å². The van der Waals surface area contributed by atoms with E-state index in [-0.39, 0.29) is 10.8 Å². The molecule has 1 aromatic heterocycles. The molecule has 0 saturated heterocycles. The molecule has 0 spiro atoms. The van der Waals surface area contributed by atoms with Crippen LogP contribution in [0.5, 0.6) is 5.75 Å². The molecule has 0 bridgehead atoms. The lowest BCUT2D eigenvalue weighted by molar-refractivity contribution is -0.115. The average molecular weight is 455 g/mol. The van der Waals surface area contributed by atoms with Crippen molar-refractivity contribution in [2.24, 2.45) is 0 Å². The van der Waals surface area contributed by atoms with Crippen molar-refractivity contribution in [3.8, 4) is 5.75 Å². The highest BCUT2D eigenvalue weighted by molar-refractivity contribution is 7.92. The Labute approximate surface area is 186 Å². The van der Waals surface area contributed by atoms with Crippen molar-refractivity contribution in [2.45, 2.75) is 11.8 Å². The van der Waals surface area contributed by atoms with Crippen LogP contribution < -0.4 is 19.7 Å². The van der Waals surface area contributed by atoms with E-state index in [1.165, 1.54) is 38.6 Å². The number of amides is 2. The summed E-state index contributed by atoms with van der Waals surface area (Å²) in [6.45, 7) is 0.934. The molecule has 3 aromatic rings. The van der Waals surface area contributed by atoms with Crippen molar-refractivity contribution in [1.29, 1.82) is 0 Å². The van der Waals surface area contributed by atoms with Crippen LogP contribution >= 0.6 is 0 Å². The summed E-state index contributed by atoms with van der Waals surface area (Å²) < 4.78 is 32.6. The average Bonchev–Trinajstić information content (AvgIpc) is 2.79. The maximum Gasteiger partial charge on any atom is 0.266 e. The number of nitrogens with one attached hydrogen (secondary N) is 2. The van der Waals surface area contributed by atoms with Crippen LogP contribution in [0.25, 0.3) is 0 Å². The number of carbonyl (C=O) groups is 2. The maximum atomic E-state index is 13.3. The standard InChI is InChI=1S/C22H22N4O5S/c1-16(27)24-17-5-7-18(8-6-17)25-22(28)15-26(19-9-11-20(31-2)12-10-19)32(29,30)21-4-3-13-23-14-21/h3-14H,15H2,1-2H3,(H,24,27)(H,25,28). The number of rotatable bonds is 8. The Kier molecular flexibility index (Phi) is 7.06. The van der Waals surface area contributed by atoms with Gasteiger partial charge < -0.3 is 15.4 Å². The number of benzene rings is 2. The Balaban J connectivity index is 1.85. The van der Waals surface area contributed by atoms with Gasteiger partial charge in [0.25, 0.3) is 10.0 Å². The molecule has 166 valence electrons. The molecule has 0 aliphatic rings. The predicted molar refractivity (Wildman–Crippen MR) is 121 cm³/mol.